The van der Waals surface area contributed by atoms with E-state index in [2.05, 4.69) is 15.3 Å². The molecule has 1 heterocycles. The van der Waals surface area contributed by atoms with Gasteiger partial charge in [-0.2, -0.15) is 0 Å². The molecular formula is C19H16ClN3O2. The summed E-state index contributed by atoms with van der Waals surface area (Å²) < 4.78 is 5.19. The van der Waals surface area contributed by atoms with Crippen molar-refractivity contribution in [2.75, 3.05) is 5.32 Å². The van der Waals surface area contributed by atoms with Crippen LogP contribution in [0, 0.1) is 0 Å². The highest BCUT2D eigenvalue weighted by Crippen LogP contribution is 2.14. The molecule has 0 bridgehead atoms. The van der Waals surface area contributed by atoms with E-state index < -0.39 is 6.09 Å². The smallest absolute Gasteiger partial charge is 0.411 e. The normalized spacial score (nSPS) is 10.3. The highest BCUT2D eigenvalue weighted by molar-refractivity contribution is 6.30. The number of anilines is 1. The first-order valence-electron chi connectivity index (χ1n) is 7.71. The van der Waals surface area contributed by atoms with Crippen LogP contribution in [0.1, 0.15) is 16.8 Å². The van der Waals surface area contributed by atoms with Crippen molar-refractivity contribution in [2.24, 2.45) is 0 Å². The number of halogens is 1. The van der Waals surface area contributed by atoms with Crippen LogP contribution in [-0.4, -0.2) is 16.1 Å². The van der Waals surface area contributed by atoms with Gasteiger partial charge in [-0.05, 0) is 35.4 Å². The number of nitrogens with one attached hydrogen (secondary N) is 1. The third-order valence-electron chi connectivity index (χ3n) is 3.49. The molecular weight excluding hydrogens is 338 g/mol. The van der Waals surface area contributed by atoms with Crippen molar-refractivity contribution >= 4 is 23.4 Å². The number of aromatic nitrogens is 2. The molecule has 2 aromatic carbocycles. The molecule has 3 aromatic rings. The number of carbonyl (C=O) groups excluding carboxylic acids is 1. The molecule has 0 aliphatic rings. The Morgan fingerprint density at radius 3 is 2.40 bits per heavy atom. The van der Waals surface area contributed by atoms with Crippen molar-refractivity contribution in [2.45, 2.75) is 13.0 Å². The minimum absolute atomic E-state index is 0.188. The van der Waals surface area contributed by atoms with Gasteiger partial charge in [-0.25, -0.2) is 4.79 Å². The van der Waals surface area contributed by atoms with Gasteiger partial charge in [-0.1, -0.05) is 35.9 Å². The van der Waals surface area contributed by atoms with Gasteiger partial charge in [0.15, 0.2) is 0 Å². The first kappa shape index (κ1) is 16.9. The molecule has 5 nitrogen and oxygen atoms in total. The molecule has 1 aromatic heterocycles. The fourth-order valence-electron chi connectivity index (χ4n) is 2.22. The molecule has 0 atom stereocenters. The van der Waals surface area contributed by atoms with Gasteiger partial charge < -0.3 is 4.74 Å². The third-order valence-corrected chi connectivity index (χ3v) is 3.74. The number of hydrogen-bond acceptors (Lipinski definition) is 4. The van der Waals surface area contributed by atoms with Gasteiger partial charge in [0.25, 0.3) is 0 Å². The molecule has 1 amide bonds. The SMILES string of the molecule is O=C(Nc1ccc(Cc2cnccn2)cc1)OCc1ccc(Cl)cc1. The highest BCUT2D eigenvalue weighted by atomic mass is 35.5. The second-order valence-corrected chi connectivity index (χ2v) is 5.83. The second-order valence-electron chi connectivity index (χ2n) is 5.40. The van der Waals surface area contributed by atoms with Crippen LogP contribution in [0.25, 0.3) is 0 Å². The highest BCUT2D eigenvalue weighted by Gasteiger charge is 2.05. The Balaban J connectivity index is 1.50. The average molecular weight is 354 g/mol. The number of rotatable bonds is 5. The average Bonchev–Trinajstić information content (AvgIpc) is 2.64. The van der Waals surface area contributed by atoms with E-state index in [1.165, 1.54) is 0 Å². The van der Waals surface area contributed by atoms with E-state index in [0.29, 0.717) is 17.1 Å². The number of nitrogens with zero attached hydrogens (tertiary/aromatic N) is 2. The molecule has 0 radical (unpaired) electrons. The van der Waals surface area contributed by atoms with Gasteiger partial charge in [-0.3, -0.25) is 15.3 Å². The molecule has 0 saturated heterocycles. The van der Waals surface area contributed by atoms with Gasteiger partial charge in [0.2, 0.25) is 0 Å². The predicted octanol–water partition coefficient (Wildman–Crippen LogP) is 4.47. The lowest BCUT2D eigenvalue weighted by atomic mass is 10.1. The van der Waals surface area contributed by atoms with E-state index in [-0.39, 0.29) is 6.61 Å². The summed E-state index contributed by atoms with van der Waals surface area (Å²) in [6, 6.07) is 14.7. The predicted molar refractivity (Wildman–Crippen MR) is 96.5 cm³/mol. The van der Waals surface area contributed by atoms with Crippen LogP contribution in [0.5, 0.6) is 0 Å². The van der Waals surface area contributed by atoms with Crippen molar-refractivity contribution in [3.63, 3.8) is 0 Å². The van der Waals surface area contributed by atoms with Gasteiger partial charge in [0.05, 0.1) is 5.69 Å². The Hall–Kier alpha value is -2.92. The van der Waals surface area contributed by atoms with Crippen LogP contribution in [0.2, 0.25) is 5.02 Å². The molecule has 0 unspecified atom stereocenters. The van der Waals surface area contributed by atoms with Crippen LogP contribution >= 0.6 is 11.6 Å². The summed E-state index contributed by atoms with van der Waals surface area (Å²) in [5.74, 6) is 0. The lowest BCUT2D eigenvalue weighted by Gasteiger charge is -2.08. The zero-order chi connectivity index (χ0) is 17.5. The number of benzene rings is 2. The molecule has 1 N–H and O–H groups in total. The first-order valence-corrected chi connectivity index (χ1v) is 8.09. The van der Waals surface area contributed by atoms with Crippen LogP contribution in [0.4, 0.5) is 10.5 Å². The monoisotopic (exact) mass is 353 g/mol. The maximum absolute atomic E-state index is 11.9. The van der Waals surface area contributed by atoms with Crippen molar-refractivity contribution < 1.29 is 9.53 Å². The van der Waals surface area contributed by atoms with Crippen LogP contribution in [-0.2, 0) is 17.8 Å². The van der Waals surface area contributed by atoms with E-state index in [9.17, 15) is 4.79 Å². The van der Waals surface area contributed by atoms with Gasteiger partial charge >= 0.3 is 6.09 Å². The van der Waals surface area contributed by atoms with E-state index in [0.717, 1.165) is 16.8 Å². The molecule has 0 fully saturated rings. The minimum Gasteiger partial charge on any atom is -0.444 e. The third kappa shape index (κ3) is 5.29. The molecule has 25 heavy (non-hydrogen) atoms. The summed E-state index contributed by atoms with van der Waals surface area (Å²) in [7, 11) is 0. The van der Waals surface area contributed by atoms with Crippen molar-refractivity contribution in [3.8, 4) is 0 Å². The summed E-state index contributed by atoms with van der Waals surface area (Å²) in [5.41, 5.74) is 3.52. The Kier molecular flexibility index (Phi) is 5.59. The molecule has 0 saturated carbocycles. The summed E-state index contributed by atoms with van der Waals surface area (Å²) >= 11 is 5.82. The zero-order valence-corrected chi connectivity index (χ0v) is 14.1. The van der Waals surface area contributed by atoms with E-state index in [1.807, 2.05) is 36.4 Å². The molecule has 0 spiro atoms. The van der Waals surface area contributed by atoms with Gasteiger partial charge in [0, 0.05) is 35.7 Å². The topological polar surface area (TPSA) is 64.1 Å². The van der Waals surface area contributed by atoms with Gasteiger partial charge in [0.1, 0.15) is 6.61 Å². The van der Waals surface area contributed by atoms with Crippen molar-refractivity contribution in [1.82, 2.24) is 9.97 Å². The number of ether oxygens (including phenoxy) is 1. The lowest BCUT2D eigenvalue weighted by molar-refractivity contribution is 0.155. The number of carbonyl (C=O) groups is 1. The standard InChI is InChI=1S/C19H16ClN3O2/c20-16-5-1-15(2-6-16)13-25-19(24)23-17-7-3-14(4-8-17)11-18-12-21-9-10-22-18/h1-10,12H,11,13H2,(H,23,24). The molecule has 0 aliphatic heterocycles. The fourth-order valence-corrected chi connectivity index (χ4v) is 2.35. The summed E-state index contributed by atoms with van der Waals surface area (Å²) in [6.45, 7) is 0.188. The van der Waals surface area contributed by atoms with Crippen LogP contribution in [0.3, 0.4) is 0 Å². The summed E-state index contributed by atoms with van der Waals surface area (Å²) in [6.07, 6.45) is 5.24. The Labute approximate surface area is 150 Å². The van der Waals surface area contributed by atoms with E-state index in [4.69, 9.17) is 16.3 Å². The van der Waals surface area contributed by atoms with Crippen molar-refractivity contribution in [3.05, 3.63) is 89.0 Å². The maximum Gasteiger partial charge on any atom is 0.411 e. The Morgan fingerprint density at radius 2 is 1.72 bits per heavy atom. The van der Waals surface area contributed by atoms with Gasteiger partial charge in [-0.15, -0.1) is 0 Å². The van der Waals surface area contributed by atoms with Crippen molar-refractivity contribution in [1.29, 1.82) is 0 Å². The lowest BCUT2D eigenvalue weighted by Crippen LogP contribution is -2.13. The Morgan fingerprint density at radius 1 is 1.00 bits per heavy atom. The zero-order valence-electron chi connectivity index (χ0n) is 13.4. The maximum atomic E-state index is 11.9. The number of amides is 1. The molecule has 0 aliphatic carbocycles. The largest absolute Gasteiger partial charge is 0.444 e. The molecule has 126 valence electrons. The van der Waals surface area contributed by atoms with Crippen LogP contribution in [0.15, 0.2) is 67.1 Å². The van der Waals surface area contributed by atoms with Crippen LogP contribution < -0.4 is 5.32 Å². The summed E-state index contributed by atoms with van der Waals surface area (Å²) in [5, 5.41) is 3.35. The van der Waals surface area contributed by atoms with E-state index in [1.54, 1.807) is 30.7 Å². The first-order chi connectivity index (χ1) is 12.2. The Bertz CT molecular complexity index is 822. The minimum atomic E-state index is -0.503. The molecule has 3 rings (SSSR count). The quantitative estimate of drug-likeness (QED) is 0.735. The molecule has 6 heteroatoms. The second kappa shape index (κ2) is 8.26. The summed E-state index contributed by atoms with van der Waals surface area (Å²) in [4.78, 5) is 20.1. The fraction of sp³-hybridized carbons (Fsp3) is 0.105. The van der Waals surface area contributed by atoms with E-state index >= 15 is 0 Å². The number of hydrogen-bond donors (Lipinski definition) is 1.